The van der Waals surface area contributed by atoms with E-state index in [0.29, 0.717) is 38.3 Å². The quantitative estimate of drug-likeness (QED) is 0.815. The Morgan fingerprint density at radius 2 is 1.75 bits per heavy atom. The molecule has 8 heteroatoms. The second-order valence-electron chi connectivity index (χ2n) is 7.07. The van der Waals surface area contributed by atoms with E-state index in [4.69, 9.17) is 4.74 Å². The van der Waals surface area contributed by atoms with E-state index in [2.05, 4.69) is 5.32 Å². The zero-order valence-electron chi connectivity index (χ0n) is 16.5. The number of hydrogen-bond donors (Lipinski definition) is 1. The molecule has 8 nitrogen and oxygen atoms in total. The first-order valence-corrected chi connectivity index (χ1v) is 9.33. The molecule has 0 saturated carbocycles. The van der Waals surface area contributed by atoms with Crippen LogP contribution in [0.25, 0.3) is 0 Å². The van der Waals surface area contributed by atoms with E-state index in [-0.39, 0.29) is 23.1 Å². The number of piperidine rings is 1. The fourth-order valence-electron chi connectivity index (χ4n) is 3.47. The first-order valence-electron chi connectivity index (χ1n) is 9.33. The van der Waals surface area contributed by atoms with E-state index in [1.807, 2.05) is 29.2 Å². The van der Waals surface area contributed by atoms with Gasteiger partial charge in [-0.1, -0.05) is 12.1 Å². The maximum atomic E-state index is 12.5. The largest absolute Gasteiger partial charge is 0.497 e. The molecule has 28 heavy (non-hydrogen) atoms. The molecule has 150 valence electrons. The van der Waals surface area contributed by atoms with Crippen LogP contribution in [-0.2, 0) is 25.4 Å². The van der Waals surface area contributed by atoms with Crippen LogP contribution in [0.1, 0.15) is 18.4 Å². The molecule has 0 unspecified atom stereocenters. The van der Waals surface area contributed by atoms with Crippen molar-refractivity contribution in [2.24, 2.45) is 20.0 Å². The van der Waals surface area contributed by atoms with Crippen molar-refractivity contribution >= 4 is 11.7 Å². The van der Waals surface area contributed by atoms with Gasteiger partial charge in [0.15, 0.2) is 0 Å². The van der Waals surface area contributed by atoms with E-state index in [9.17, 15) is 14.4 Å². The van der Waals surface area contributed by atoms with Gasteiger partial charge >= 0.3 is 5.69 Å². The summed E-state index contributed by atoms with van der Waals surface area (Å²) in [5.74, 6) is 1.35. The molecule has 2 heterocycles. The second kappa shape index (κ2) is 8.33. The fourth-order valence-corrected chi connectivity index (χ4v) is 3.47. The van der Waals surface area contributed by atoms with Gasteiger partial charge in [-0.15, -0.1) is 0 Å². The molecule has 1 aromatic carbocycles. The van der Waals surface area contributed by atoms with Gasteiger partial charge in [-0.2, -0.15) is 0 Å². The highest BCUT2D eigenvalue weighted by Gasteiger charge is 2.26. The minimum atomic E-state index is -0.346. The van der Waals surface area contributed by atoms with Crippen LogP contribution in [0.4, 0.5) is 5.82 Å². The van der Waals surface area contributed by atoms with Gasteiger partial charge in [0.05, 0.1) is 7.11 Å². The number of hydrogen-bond acceptors (Lipinski definition) is 5. The monoisotopic (exact) mass is 386 g/mol. The van der Waals surface area contributed by atoms with Crippen molar-refractivity contribution in [2.75, 3.05) is 25.1 Å². The van der Waals surface area contributed by atoms with Gasteiger partial charge in [0.2, 0.25) is 5.91 Å². The number of nitrogens with zero attached hydrogens (tertiary/aromatic N) is 3. The molecule has 1 aliphatic rings. The Morgan fingerprint density at radius 1 is 1.11 bits per heavy atom. The van der Waals surface area contributed by atoms with Crippen LogP contribution in [-0.4, -0.2) is 35.2 Å². The average molecular weight is 386 g/mol. The molecule has 0 atom stereocenters. The van der Waals surface area contributed by atoms with Gasteiger partial charge in [0.25, 0.3) is 5.56 Å². The van der Waals surface area contributed by atoms with Crippen LogP contribution < -0.4 is 26.2 Å². The zero-order valence-corrected chi connectivity index (χ0v) is 16.5. The zero-order chi connectivity index (χ0) is 20.3. The SMILES string of the molecule is COc1ccc(CNC(=O)C2CCN(c3cc(=O)n(C)c(=O)n3C)CC2)cc1. The van der Waals surface area contributed by atoms with Crippen molar-refractivity contribution in [1.82, 2.24) is 14.5 Å². The van der Waals surface area contributed by atoms with E-state index >= 15 is 0 Å². The molecular formula is C20H26N4O4. The third kappa shape index (κ3) is 4.11. The van der Waals surface area contributed by atoms with Crippen LogP contribution in [0.15, 0.2) is 39.9 Å². The molecule has 1 N–H and O–H groups in total. The Balaban J connectivity index is 1.57. The minimum Gasteiger partial charge on any atom is -0.497 e. The summed E-state index contributed by atoms with van der Waals surface area (Å²) in [6.45, 7) is 1.73. The second-order valence-corrected chi connectivity index (χ2v) is 7.07. The number of methoxy groups -OCH3 is 1. The van der Waals surface area contributed by atoms with Crippen molar-refractivity contribution in [3.05, 3.63) is 56.7 Å². The Morgan fingerprint density at radius 3 is 2.36 bits per heavy atom. The van der Waals surface area contributed by atoms with E-state index < -0.39 is 0 Å². The number of carbonyl (C=O) groups excluding carboxylic acids is 1. The van der Waals surface area contributed by atoms with Crippen LogP contribution in [0.5, 0.6) is 5.75 Å². The lowest BCUT2D eigenvalue weighted by Crippen LogP contribution is -2.44. The van der Waals surface area contributed by atoms with Crippen molar-refractivity contribution < 1.29 is 9.53 Å². The third-order valence-corrected chi connectivity index (χ3v) is 5.32. The van der Waals surface area contributed by atoms with Crippen molar-refractivity contribution in [2.45, 2.75) is 19.4 Å². The van der Waals surface area contributed by atoms with E-state index in [1.165, 1.54) is 17.7 Å². The van der Waals surface area contributed by atoms with Gasteiger partial charge in [-0.3, -0.25) is 18.7 Å². The highest BCUT2D eigenvalue weighted by Crippen LogP contribution is 2.22. The maximum absolute atomic E-state index is 12.5. The normalized spacial score (nSPS) is 14.8. The van der Waals surface area contributed by atoms with Crippen molar-refractivity contribution in [1.29, 1.82) is 0 Å². The summed E-state index contributed by atoms with van der Waals surface area (Å²) in [4.78, 5) is 38.5. The number of aromatic nitrogens is 2. The smallest absolute Gasteiger partial charge is 0.332 e. The standard InChI is InChI=1S/C20H26N4O4/c1-22-17(12-18(25)23(2)20(22)27)24-10-8-15(9-11-24)19(26)21-13-14-4-6-16(28-3)7-5-14/h4-7,12,15H,8-11,13H2,1-3H3,(H,21,26). The Labute approximate surface area is 163 Å². The van der Waals surface area contributed by atoms with Crippen LogP contribution >= 0.6 is 0 Å². The molecule has 3 rings (SSSR count). The lowest BCUT2D eigenvalue weighted by Gasteiger charge is -2.33. The van der Waals surface area contributed by atoms with E-state index in [0.717, 1.165) is 15.9 Å². The number of carbonyl (C=O) groups is 1. The summed E-state index contributed by atoms with van der Waals surface area (Å²) in [6.07, 6.45) is 1.36. The summed E-state index contributed by atoms with van der Waals surface area (Å²) in [7, 11) is 4.74. The number of ether oxygens (including phenoxy) is 1. The summed E-state index contributed by atoms with van der Waals surface area (Å²) >= 11 is 0. The van der Waals surface area contributed by atoms with Gasteiger partial charge in [0, 0.05) is 45.7 Å². The molecule has 1 fully saturated rings. The molecule has 1 aromatic heterocycles. The first-order chi connectivity index (χ1) is 13.4. The van der Waals surface area contributed by atoms with Crippen molar-refractivity contribution in [3.8, 4) is 5.75 Å². The number of benzene rings is 1. The molecule has 1 aliphatic heterocycles. The van der Waals surface area contributed by atoms with E-state index in [1.54, 1.807) is 14.2 Å². The van der Waals surface area contributed by atoms with Crippen LogP contribution in [0, 0.1) is 5.92 Å². The van der Waals surface area contributed by atoms with Crippen LogP contribution in [0.3, 0.4) is 0 Å². The summed E-state index contributed by atoms with van der Waals surface area (Å²) in [5.41, 5.74) is 0.348. The number of anilines is 1. The lowest BCUT2D eigenvalue weighted by molar-refractivity contribution is -0.125. The first kappa shape index (κ1) is 19.7. The van der Waals surface area contributed by atoms with Gasteiger partial charge in [0.1, 0.15) is 11.6 Å². The number of amides is 1. The summed E-state index contributed by atoms with van der Waals surface area (Å²) in [5, 5.41) is 2.99. The number of rotatable bonds is 5. The number of nitrogens with one attached hydrogen (secondary N) is 1. The fraction of sp³-hybridized carbons (Fsp3) is 0.450. The minimum absolute atomic E-state index is 0.0355. The van der Waals surface area contributed by atoms with Crippen molar-refractivity contribution in [3.63, 3.8) is 0 Å². The summed E-state index contributed by atoms with van der Waals surface area (Å²) < 4.78 is 7.70. The molecular weight excluding hydrogens is 360 g/mol. The Bertz CT molecular complexity index is 954. The molecule has 1 amide bonds. The van der Waals surface area contributed by atoms with Gasteiger partial charge in [-0.05, 0) is 30.5 Å². The predicted octanol–water partition coefficient (Wildman–Crippen LogP) is 0.625. The maximum Gasteiger partial charge on any atom is 0.332 e. The molecule has 2 aromatic rings. The topological polar surface area (TPSA) is 85.6 Å². The third-order valence-electron chi connectivity index (χ3n) is 5.32. The van der Waals surface area contributed by atoms with Gasteiger partial charge in [-0.25, -0.2) is 4.79 Å². The molecule has 0 spiro atoms. The molecule has 1 saturated heterocycles. The predicted molar refractivity (Wildman–Crippen MR) is 107 cm³/mol. The Hall–Kier alpha value is -3.03. The lowest BCUT2D eigenvalue weighted by atomic mass is 9.96. The van der Waals surface area contributed by atoms with Crippen LogP contribution in [0.2, 0.25) is 0 Å². The van der Waals surface area contributed by atoms with Gasteiger partial charge < -0.3 is 15.0 Å². The summed E-state index contributed by atoms with van der Waals surface area (Å²) in [6, 6.07) is 9.07. The average Bonchev–Trinajstić information content (AvgIpc) is 2.73. The molecule has 0 bridgehead atoms. The Kier molecular flexibility index (Phi) is 5.87. The highest BCUT2D eigenvalue weighted by atomic mass is 16.5. The molecule has 0 aliphatic carbocycles. The highest BCUT2D eigenvalue weighted by molar-refractivity contribution is 5.79. The molecule has 0 radical (unpaired) electrons.